The van der Waals surface area contributed by atoms with Crippen LogP contribution in [0.25, 0.3) is 0 Å². The second kappa shape index (κ2) is 7.34. The normalized spacial score (nSPS) is 21.7. The fourth-order valence-electron chi connectivity index (χ4n) is 3.12. The van der Waals surface area contributed by atoms with E-state index in [1.54, 1.807) is 0 Å². The van der Waals surface area contributed by atoms with E-state index in [-0.39, 0.29) is 0 Å². The van der Waals surface area contributed by atoms with E-state index in [9.17, 15) is 0 Å². The highest BCUT2D eigenvalue weighted by molar-refractivity contribution is 5.00. The molecule has 1 atom stereocenters. The van der Waals surface area contributed by atoms with E-state index < -0.39 is 0 Å². The molecule has 1 aliphatic carbocycles. The summed E-state index contributed by atoms with van der Waals surface area (Å²) in [5, 5.41) is 3.49. The van der Waals surface area contributed by atoms with Gasteiger partial charge in [-0.1, -0.05) is 26.2 Å². The lowest BCUT2D eigenvalue weighted by Crippen LogP contribution is -2.61. The van der Waals surface area contributed by atoms with Crippen molar-refractivity contribution in [1.29, 1.82) is 0 Å². The Bertz CT molecular complexity index is 200. The van der Waals surface area contributed by atoms with Crippen LogP contribution in [0.1, 0.15) is 45.4 Å². The van der Waals surface area contributed by atoms with Crippen LogP contribution in [-0.4, -0.2) is 50.8 Å². The zero-order valence-electron chi connectivity index (χ0n) is 12.1. The predicted molar refractivity (Wildman–Crippen MR) is 73.5 cm³/mol. The maximum atomic E-state index is 5.78. The van der Waals surface area contributed by atoms with Crippen LogP contribution in [0.4, 0.5) is 0 Å². The van der Waals surface area contributed by atoms with Crippen LogP contribution in [0, 0.1) is 0 Å². The number of ether oxygens (including phenoxy) is 1. The minimum absolute atomic E-state index is 0.292. The Hall–Kier alpha value is -0.120. The molecule has 0 saturated heterocycles. The lowest BCUT2D eigenvalue weighted by molar-refractivity contribution is 0.0102. The first-order valence-corrected chi connectivity index (χ1v) is 7.10. The van der Waals surface area contributed by atoms with Crippen molar-refractivity contribution in [3.8, 4) is 0 Å². The fraction of sp³-hybridized carbons (Fsp3) is 1.00. The van der Waals surface area contributed by atoms with Gasteiger partial charge in [0.25, 0.3) is 0 Å². The minimum Gasteiger partial charge on any atom is -0.380 e. The van der Waals surface area contributed by atoms with E-state index in [1.807, 2.05) is 0 Å². The summed E-state index contributed by atoms with van der Waals surface area (Å²) < 4.78 is 5.78. The molecule has 1 rings (SSSR count). The molecule has 0 radical (unpaired) electrons. The monoisotopic (exact) mass is 242 g/mol. The third kappa shape index (κ3) is 3.67. The highest BCUT2D eigenvalue weighted by Gasteiger charge is 2.40. The van der Waals surface area contributed by atoms with E-state index in [0.29, 0.717) is 11.6 Å². The Morgan fingerprint density at radius 3 is 2.35 bits per heavy atom. The molecule has 17 heavy (non-hydrogen) atoms. The molecule has 102 valence electrons. The smallest absolute Gasteiger partial charge is 0.0637 e. The summed E-state index contributed by atoms with van der Waals surface area (Å²) >= 11 is 0. The van der Waals surface area contributed by atoms with Crippen LogP contribution < -0.4 is 5.32 Å². The second-order valence-corrected chi connectivity index (χ2v) is 5.47. The maximum Gasteiger partial charge on any atom is 0.0637 e. The number of hydrogen-bond acceptors (Lipinski definition) is 3. The molecule has 0 spiro atoms. The van der Waals surface area contributed by atoms with Gasteiger partial charge in [-0.2, -0.15) is 0 Å². The zero-order valence-corrected chi connectivity index (χ0v) is 12.1. The molecule has 1 aliphatic rings. The number of likely N-dealkylation sites (N-methyl/N-ethyl adjacent to an activating group) is 2. The standard InChI is InChI=1S/C14H30N2O/c1-5-11-17-12-13(15-2)14(16(3)4)9-7-6-8-10-14/h13,15H,5-12H2,1-4H3. The number of rotatable bonds is 7. The molecule has 3 heteroatoms. The molecular weight excluding hydrogens is 212 g/mol. The Kier molecular flexibility index (Phi) is 6.45. The van der Waals surface area contributed by atoms with Crippen LogP contribution in [0.5, 0.6) is 0 Å². The summed E-state index contributed by atoms with van der Waals surface area (Å²) in [5.74, 6) is 0. The SMILES string of the molecule is CCCOCC(NC)C1(N(C)C)CCCCC1. The molecule has 1 saturated carbocycles. The summed E-state index contributed by atoms with van der Waals surface area (Å²) in [6.07, 6.45) is 7.78. The largest absolute Gasteiger partial charge is 0.380 e. The van der Waals surface area contributed by atoms with Crippen molar-refractivity contribution in [3.63, 3.8) is 0 Å². The fourth-order valence-corrected chi connectivity index (χ4v) is 3.12. The number of nitrogens with zero attached hydrogens (tertiary/aromatic N) is 1. The van der Waals surface area contributed by atoms with Gasteiger partial charge in [-0.25, -0.2) is 0 Å². The molecule has 0 aliphatic heterocycles. The molecule has 1 N–H and O–H groups in total. The first-order valence-electron chi connectivity index (χ1n) is 7.10. The maximum absolute atomic E-state index is 5.78. The lowest BCUT2D eigenvalue weighted by atomic mass is 9.75. The quantitative estimate of drug-likeness (QED) is 0.693. The van der Waals surface area contributed by atoms with Crippen molar-refractivity contribution < 1.29 is 4.74 Å². The van der Waals surface area contributed by atoms with Crippen molar-refractivity contribution >= 4 is 0 Å². The van der Waals surface area contributed by atoms with E-state index in [1.165, 1.54) is 32.1 Å². The van der Waals surface area contributed by atoms with Gasteiger partial charge in [0, 0.05) is 18.2 Å². The molecule has 0 heterocycles. The van der Waals surface area contributed by atoms with Gasteiger partial charge in [-0.15, -0.1) is 0 Å². The molecule has 1 fully saturated rings. The third-order valence-corrected chi connectivity index (χ3v) is 4.24. The summed E-state index contributed by atoms with van der Waals surface area (Å²) in [5.41, 5.74) is 0.292. The predicted octanol–water partition coefficient (Wildman–Crippen LogP) is 2.27. The van der Waals surface area contributed by atoms with E-state index in [0.717, 1.165) is 19.6 Å². The Morgan fingerprint density at radius 2 is 1.88 bits per heavy atom. The van der Waals surface area contributed by atoms with Crippen LogP contribution >= 0.6 is 0 Å². The van der Waals surface area contributed by atoms with Gasteiger partial charge in [-0.3, -0.25) is 0 Å². The van der Waals surface area contributed by atoms with Crippen molar-refractivity contribution in [2.75, 3.05) is 34.4 Å². The van der Waals surface area contributed by atoms with Gasteiger partial charge in [-0.05, 0) is 40.4 Å². The zero-order chi connectivity index (χ0) is 12.7. The molecule has 0 bridgehead atoms. The number of hydrogen-bond donors (Lipinski definition) is 1. The van der Waals surface area contributed by atoms with Crippen molar-refractivity contribution in [1.82, 2.24) is 10.2 Å². The summed E-state index contributed by atoms with van der Waals surface area (Å²) in [4.78, 5) is 2.42. The summed E-state index contributed by atoms with van der Waals surface area (Å²) in [7, 11) is 6.50. The van der Waals surface area contributed by atoms with Gasteiger partial charge in [0.05, 0.1) is 6.61 Å². The van der Waals surface area contributed by atoms with Gasteiger partial charge in [0.15, 0.2) is 0 Å². The molecule has 0 aromatic heterocycles. The Morgan fingerprint density at radius 1 is 1.24 bits per heavy atom. The van der Waals surface area contributed by atoms with Gasteiger partial charge >= 0.3 is 0 Å². The van der Waals surface area contributed by atoms with E-state index in [2.05, 4.69) is 38.3 Å². The van der Waals surface area contributed by atoms with Crippen LogP contribution in [-0.2, 0) is 4.74 Å². The summed E-state index contributed by atoms with van der Waals surface area (Å²) in [6, 6.07) is 0.448. The minimum atomic E-state index is 0.292. The topological polar surface area (TPSA) is 24.5 Å². The molecule has 0 aromatic carbocycles. The first kappa shape index (κ1) is 14.9. The lowest BCUT2D eigenvalue weighted by Gasteiger charge is -2.48. The molecule has 3 nitrogen and oxygen atoms in total. The number of nitrogens with one attached hydrogen (secondary N) is 1. The van der Waals surface area contributed by atoms with Crippen molar-refractivity contribution in [3.05, 3.63) is 0 Å². The highest BCUT2D eigenvalue weighted by atomic mass is 16.5. The second-order valence-electron chi connectivity index (χ2n) is 5.47. The third-order valence-electron chi connectivity index (χ3n) is 4.24. The van der Waals surface area contributed by atoms with Crippen molar-refractivity contribution in [2.45, 2.75) is 57.0 Å². The van der Waals surface area contributed by atoms with Crippen molar-refractivity contribution in [2.24, 2.45) is 0 Å². The van der Waals surface area contributed by atoms with Crippen LogP contribution in [0.2, 0.25) is 0 Å². The van der Waals surface area contributed by atoms with E-state index >= 15 is 0 Å². The molecule has 0 aromatic rings. The first-order chi connectivity index (χ1) is 8.17. The molecular formula is C14H30N2O. The molecule has 1 unspecified atom stereocenters. The van der Waals surface area contributed by atoms with Gasteiger partial charge in [0.2, 0.25) is 0 Å². The van der Waals surface area contributed by atoms with Gasteiger partial charge < -0.3 is 15.0 Å². The van der Waals surface area contributed by atoms with Crippen LogP contribution in [0.15, 0.2) is 0 Å². The van der Waals surface area contributed by atoms with Gasteiger partial charge in [0.1, 0.15) is 0 Å². The average molecular weight is 242 g/mol. The average Bonchev–Trinajstić information content (AvgIpc) is 2.35. The van der Waals surface area contributed by atoms with E-state index in [4.69, 9.17) is 4.74 Å². The van der Waals surface area contributed by atoms with Crippen LogP contribution in [0.3, 0.4) is 0 Å². The highest BCUT2D eigenvalue weighted by Crippen LogP contribution is 2.35. The summed E-state index contributed by atoms with van der Waals surface area (Å²) in [6.45, 7) is 3.88. The Balaban J connectivity index is 2.64. The molecule has 0 amide bonds. The Labute approximate surface area is 107 Å².